The zero-order valence-corrected chi connectivity index (χ0v) is 11.7. The number of fused-ring (bicyclic) bond motifs is 1. The molecule has 0 fully saturated rings. The molecule has 1 atom stereocenters. The third kappa shape index (κ3) is 3.42. The molecule has 0 radical (unpaired) electrons. The molecule has 2 rings (SSSR count). The molecule has 1 amide bonds. The maximum absolute atomic E-state index is 11.9. The van der Waals surface area contributed by atoms with Crippen LogP contribution in [0.4, 0.5) is 0 Å². The molecule has 0 aliphatic rings. The molecule has 0 saturated carbocycles. The summed E-state index contributed by atoms with van der Waals surface area (Å²) in [4.78, 5) is 16.0. The van der Waals surface area contributed by atoms with Gasteiger partial charge in [-0.3, -0.25) is 4.79 Å². The fourth-order valence-electron chi connectivity index (χ4n) is 1.52. The molecule has 2 aromatic rings. The number of aryl methyl sites for hydroxylation is 1. The normalized spacial score (nSPS) is 11.9. The second kappa shape index (κ2) is 6.49. The van der Waals surface area contributed by atoms with Crippen LogP contribution in [0.25, 0.3) is 11.1 Å². The highest BCUT2D eigenvalue weighted by atomic mass is 35.5. The van der Waals surface area contributed by atoms with Crippen molar-refractivity contribution in [2.75, 3.05) is 13.1 Å². The van der Waals surface area contributed by atoms with Crippen molar-refractivity contribution < 1.29 is 9.32 Å². The van der Waals surface area contributed by atoms with Crippen molar-refractivity contribution in [3.8, 4) is 0 Å². The number of carbonyl (C=O) groups excluding carboxylic acids is 1. The zero-order valence-electron chi connectivity index (χ0n) is 10.8. The number of rotatable bonds is 4. The number of hydrogen-bond donors (Lipinski definition) is 2. The minimum Gasteiger partial charge on any atom is -0.352 e. The number of carbonyl (C=O) groups is 1. The van der Waals surface area contributed by atoms with Gasteiger partial charge in [-0.25, -0.2) is 4.98 Å². The van der Waals surface area contributed by atoms with Gasteiger partial charge in [0.2, 0.25) is 0 Å². The van der Waals surface area contributed by atoms with E-state index in [9.17, 15) is 4.79 Å². The van der Waals surface area contributed by atoms with E-state index >= 15 is 0 Å². The van der Waals surface area contributed by atoms with Crippen molar-refractivity contribution in [3.05, 3.63) is 23.5 Å². The molecule has 0 aliphatic heterocycles. The van der Waals surface area contributed by atoms with Gasteiger partial charge in [0.05, 0.1) is 16.6 Å². The smallest absolute Gasteiger partial charge is 0.257 e. The summed E-state index contributed by atoms with van der Waals surface area (Å²) in [5, 5.41) is 7.37. The number of amides is 1. The van der Waals surface area contributed by atoms with Gasteiger partial charge < -0.3 is 15.6 Å². The summed E-state index contributed by atoms with van der Waals surface area (Å²) in [6, 6.07) is 1.73. The van der Waals surface area contributed by atoms with E-state index in [0.717, 1.165) is 11.1 Å². The SMILES string of the molecule is Cc1noc2ncc(C(=O)NCC(C)CN)cc12.Cl. The van der Waals surface area contributed by atoms with Crippen LogP contribution < -0.4 is 11.1 Å². The van der Waals surface area contributed by atoms with Crippen molar-refractivity contribution in [2.45, 2.75) is 13.8 Å². The van der Waals surface area contributed by atoms with Crippen LogP contribution in [0.5, 0.6) is 0 Å². The number of aromatic nitrogens is 2. The lowest BCUT2D eigenvalue weighted by atomic mass is 10.1. The van der Waals surface area contributed by atoms with E-state index in [-0.39, 0.29) is 24.2 Å². The summed E-state index contributed by atoms with van der Waals surface area (Å²) in [5.41, 5.74) is 7.16. The maximum Gasteiger partial charge on any atom is 0.257 e. The molecular weight excluding hydrogens is 268 g/mol. The second-order valence-electron chi connectivity index (χ2n) is 4.40. The van der Waals surface area contributed by atoms with E-state index in [4.69, 9.17) is 10.3 Å². The highest BCUT2D eigenvalue weighted by molar-refractivity contribution is 5.96. The number of nitrogens with two attached hydrogens (primary N) is 1. The Balaban J connectivity index is 0.00000180. The minimum absolute atomic E-state index is 0. The Labute approximate surface area is 117 Å². The molecule has 0 aliphatic carbocycles. The lowest BCUT2D eigenvalue weighted by Crippen LogP contribution is -2.31. The highest BCUT2D eigenvalue weighted by Gasteiger charge is 2.11. The highest BCUT2D eigenvalue weighted by Crippen LogP contribution is 2.16. The molecule has 19 heavy (non-hydrogen) atoms. The van der Waals surface area contributed by atoms with Crippen molar-refractivity contribution in [1.29, 1.82) is 0 Å². The van der Waals surface area contributed by atoms with Gasteiger partial charge in [0.25, 0.3) is 11.6 Å². The summed E-state index contributed by atoms with van der Waals surface area (Å²) in [7, 11) is 0. The van der Waals surface area contributed by atoms with E-state index in [1.54, 1.807) is 6.07 Å². The van der Waals surface area contributed by atoms with Crippen molar-refractivity contribution in [3.63, 3.8) is 0 Å². The van der Waals surface area contributed by atoms with Gasteiger partial charge in [-0.2, -0.15) is 0 Å². The van der Waals surface area contributed by atoms with Crippen LogP contribution in [0.15, 0.2) is 16.8 Å². The van der Waals surface area contributed by atoms with Crippen LogP contribution in [0.3, 0.4) is 0 Å². The van der Waals surface area contributed by atoms with Gasteiger partial charge in [-0.05, 0) is 25.5 Å². The average molecular weight is 285 g/mol. The largest absolute Gasteiger partial charge is 0.352 e. The predicted octanol–water partition coefficient (Wildman–Crippen LogP) is 1.28. The maximum atomic E-state index is 11.9. The fraction of sp³-hybridized carbons (Fsp3) is 0.417. The molecule has 0 spiro atoms. The molecule has 7 heteroatoms. The summed E-state index contributed by atoms with van der Waals surface area (Å²) < 4.78 is 4.99. The first-order chi connectivity index (χ1) is 8.61. The van der Waals surface area contributed by atoms with E-state index in [2.05, 4.69) is 15.5 Å². The van der Waals surface area contributed by atoms with E-state index in [1.807, 2.05) is 13.8 Å². The number of nitrogens with one attached hydrogen (secondary N) is 1. The molecule has 2 aromatic heterocycles. The quantitative estimate of drug-likeness (QED) is 0.882. The number of hydrogen-bond acceptors (Lipinski definition) is 5. The Bertz CT molecular complexity index is 570. The summed E-state index contributed by atoms with van der Waals surface area (Å²) in [6.07, 6.45) is 1.48. The summed E-state index contributed by atoms with van der Waals surface area (Å²) >= 11 is 0. The molecule has 6 nitrogen and oxygen atoms in total. The van der Waals surface area contributed by atoms with Crippen LogP contribution in [0.1, 0.15) is 23.0 Å². The Hall–Kier alpha value is -1.66. The van der Waals surface area contributed by atoms with Gasteiger partial charge in [0.15, 0.2) is 0 Å². The monoisotopic (exact) mass is 284 g/mol. The van der Waals surface area contributed by atoms with E-state index < -0.39 is 0 Å². The lowest BCUT2D eigenvalue weighted by molar-refractivity contribution is 0.0948. The third-order valence-electron chi connectivity index (χ3n) is 2.79. The van der Waals surface area contributed by atoms with Gasteiger partial charge in [0, 0.05) is 12.7 Å². The predicted molar refractivity (Wildman–Crippen MR) is 74.3 cm³/mol. The van der Waals surface area contributed by atoms with Gasteiger partial charge in [-0.1, -0.05) is 12.1 Å². The first kappa shape index (κ1) is 15.4. The topological polar surface area (TPSA) is 94.0 Å². The number of nitrogens with zero attached hydrogens (tertiary/aromatic N) is 2. The van der Waals surface area contributed by atoms with Gasteiger partial charge in [-0.15, -0.1) is 12.4 Å². The van der Waals surface area contributed by atoms with Crippen molar-refractivity contribution in [2.24, 2.45) is 11.7 Å². The standard InChI is InChI=1S/C12H16N4O2.ClH/c1-7(4-13)5-14-11(17)9-3-10-8(2)16-18-12(10)15-6-9;/h3,6-7H,4-5,13H2,1-2H3,(H,14,17);1H. The van der Waals surface area contributed by atoms with Crippen LogP contribution in [-0.2, 0) is 0 Å². The summed E-state index contributed by atoms with van der Waals surface area (Å²) in [5.74, 6) is 0.0910. The first-order valence-corrected chi connectivity index (χ1v) is 5.82. The molecule has 3 N–H and O–H groups in total. The zero-order chi connectivity index (χ0) is 13.1. The van der Waals surface area contributed by atoms with Crippen LogP contribution >= 0.6 is 12.4 Å². The number of pyridine rings is 1. The van der Waals surface area contributed by atoms with E-state index in [0.29, 0.717) is 24.4 Å². The molecule has 0 bridgehead atoms. The molecular formula is C12H17ClN4O2. The van der Waals surface area contributed by atoms with Crippen molar-refractivity contribution in [1.82, 2.24) is 15.5 Å². The van der Waals surface area contributed by atoms with Crippen molar-refractivity contribution >= 4 is 29.4 Å². The third-order valence-corrected chi connectivity index (χ3v) is 2.79. The van der Waals surface area contributed by atoms with Crippen LogP contribution in [-0.4, -0.2) is 29.1 Å². The second-order valence-corrected chi connectivity index (χ2v) is 4.40. The first-order valence-electron chi connectivity index (χ1n) is 5.82. The van der Waals surface area contributed by atoms with Crippen LogP contribution in [0.2, 0.25) is 0 Å². The molecule has 2 heterocycles. The van der Waals surface area contributed by atoms with E-state index in [1.165, 1.54) is 6.20 Å². The molecule has 0 aromatic carbocycles. The van der Waals surface area contributed by atoms with Gasteiger partial charge >= 0.3 is 0 Å². The Morgan fingerprint density at radius 2 is 2.32 bits per heavy atom. The Morgan fingerprint density at radius 3 is 3.00 bits per heavy atom. The summed E-state index contributed by atoms with van der Waals surface area (Å²) in [6.45, 7) is 4.88. The lowest BCUT2D eigenvalue weighted by Gasteiger charge is -2.09. The Morgan fingerprint density at radius 1 is 1.58 bits per heavy atom. The van der Waals surface area contributed by atoms with Crippen LogP contribution in [0, 0.1) is 12.8 Å². The molecule has 104 valence electrons. The number of halogens is 1. The fourth-order valence-corrected chi connectivity index (χ4v) is 1.52. The molecule has 0 saturated heterocycles. The van der Waals surface area contributed by atoms with Gasteiger partial charge in [0.1, 0.15) is 0 Å². The Kier molecular flexibility index (Phi) is 5.26. The molecule has 1 unspecified atom stereocenters. The minimum atomic E-state index is -0.162. The average Bonchev–Trinajstić information content (AvgIpc) is 2.76.